The van der Waals surface area contributed by atoms with Crippen molar-refractivity contribution in [1.29, 1.82) is 0 Å². The SMILES string of the molecule is CCn1ccn(Cc2cc(F)ccc2N)c1=O. The summed E-state index contributed by atoms with van der Waals surface area (Å²) in [5.41, 5.74) is 6.72. The molecule has 1 heterocycles. The fourth-order valence-electron chi connectivity index (χ4n) is 1.71. The van der Waals surface area contributed by atoms with Crippen molar-refractivity contribution < 1.29 is 4.39 Å². The van der Waals surface area contributed by atoms with Crippen LogP contribution in [0.2, 0.25) is 0 Å². The van der Waals surface area contributed by atoms with Crippen LogP contribution in [0.15, 0.2) is 35.4 Å². The van der Waals surface area contributed by atoms with Crippen LogP contribution in [0.3, 0.4) is 0 Å². The lowest BCUT2D eigenvalue weighted by Gasteiger charge is -2.06. The number of nitrogen functional groups attached to an aromatic ring is 1. The molecule has 0 saturated carbocycles. The van der Waals surface area contributed by atoms with Gasteiger partial charge in [0.25, 0.3) is 0 Å². The Kier molecular flexibility index (Phi) is 2.99. The van der Waals surface area contributed by atoms with Crippen LogP contribution >= 0.6 is 0 Å². The van der Waals surface area contributed by atoms with Crippen molar-refractivity contribution in [2.45, 2.75) is 20.0 Å². The highest BCUT2D eigenvalue weighted by molar-refractivity contribution is 5.46. The highest BCUT2D eigenvalue weighted by atomic mass is 19.1. The van der Waals surface area contributed by atoms with E-state index in [1.807, 2.05) is 6.92 Å². The number of anilines is 1. The van der Waals surface area contributed by atoms with Gasteiger partial charge in [0.05, 0.1) is 6.54 Å². The lowest BCUT2D eigenvalue weighted by Crippen LogP contribution is -2.24. The lowest BCUT2D eigenvalue weighted by atomic mass is 10.2. The van der Waals surface area contributed by atoms with Gasteiger partial charge in [-0.1, -0.05) is 0 Å². The largest absolute Gasteiger partial charge is 0.398 e. The van der Waals surface area contributed by atoms with E-state index in [-0.39, 0.29) is 18.1 Å². The first kappa shape index (κ1) is 11.4. The summed E-state index contributed by atoms with van der Waals surface area (Å²) in [5, 5.41) is 0. The minimum absolute atomic E-state index is 0.115. The third-order valence-electron chi connectivity index (χ3n) is 2.70. The number of rotatable bonds is 3. The van der Waals surface area contributed by atoms with E-state index in [4.69, 9.17) is 5.73 Å². The van der Waals surface area contributed by atoms with Crippen molar-refractivity contribution in [3.8, 4) is 0 Å². The van der Waals surface area contributed by atoms with Crippen LogP contribution in [-0.4, -0.2) is 9.13 Å². The molecule has 2 rings (SSSR count). The Morgan fingerprint density at radius 1 is 1.29 bits per heavy atom. The van der Waals surface area contributed by atoms with Crippen molar-refractivity contribution in [2.24, 2.45) is 0 Å². The molecule has 1 aromatic carbocycles. The van der Waals surface area contributed by atoms with Crippen LogP contribution in [-0.2, 0) is 13.1 Å². The van der Waals surface area contributed by atoms with Crippen molar-refractivity contribution in [2.75, 3.05) is 5.73 Å². The standard InChI is InChI=1S/C12H14FN3O/c1-2-15-5-6-16(12(15)17)8-9-7-10(13)3-4-11(9)14/h3-7H,2,8,14H2,1H3. The summed E-state index contributed by atoms with van der Waals surface area (Å²) in [4.78, 5) is 11.8. The molecule has 0 unspecified atom stereocenters. The van der Waals surface area contributed by atoms with E-state index in [1.165, 1.54) is 22.8 Å². The van der Waals surface area contributed by atoms with Gasteiger partial charge in [0, 0.05) is 24.6 Å². The van der Waals surface area contributed by atoms with E-state index in [0.29, 0.717) is 17.8 Å². The first-order valence-corrected chi connectivity index (χ1v) is 5.41. The Bertz CT molecular complexity index is 586. The van der Waals surface area contributed by atoms with Crippen LogP contribution in [0.4, 0.5) is 10.1 Å². The molecule has 0 bridgehead atoms. The van der Waals surface area contributed by atoms with Crippen LogP contribution in [0.1, 0.15) is 12.5 Å². The summed E-state index contributed by atoms with van der Waals surface area (Å²) in [6, 6.07) is 4.16. The Labute approximate surface area is 98.1 Å². The summed E-state index contributed by atoms with van der Waals surface area (Å²) in [6.07, 6.45) is 3.38. The van der Waals surface area contributed by atoms with E-state index in [9.17, 15) is 9.18 Å². The van der Waals surface area contributed by atoms with Crippen LogP contribution in [0, 0.1) is 5.82 Å². The van der Waals surface area contributed by atoms with Gasteiger partial charge in [-0.25, -0.2) is 9.18 Å². The van der Waals surface area contributed by atoms with Gasteiger partial charge in [-0.2, -0.15) is 0 Å². The second-order valence-corrected chi connectivity index (χ2v) is 3.84. The zero-order chi connectivity index (χ0) is 12.4. The number of nitrogens with zero attached hydrogens (tertiary/aromatic N) is 2. The minimum atomic E-state index is -0.350. The molecule has 0 fully saturated rings. The van der Waals surface area contributed by atoms with Gasteiger partial charge in [-0.3, -0.25) is 9.13 Å². The van der Waals surface area contributed by atoms with Crippen LogP contribution in [0.25, 0.3) is 0 Å². The molecule has 17 heavy (non-hydrogen) atoms. The van der Waals surface area contributed by atoms with Crippen molar-refractivity contribution in [1.82, 2.24) is 9.13 Å². The number of hydrogen-bond donors (Lipinski definition) is 1. The number of nitrogens with two attached hydrogens (primary N) is 1. The topological polar surface area (TPSA) is 52.9 Å². The normalized spacial score (nSPS) is 10.7. The maximum Gasteiger partial charge on any atom is 0.328 e. The number of benzene rings is 1. The molecule has 4 nitrogen and oxygen atoms in total. The molecular formula is C12H14FN3O. The summed E-state index contributed by atoms with van der Waals surface area (Å²) < 4.78 is 16.2. The zero-order valence-corrected chi connectivity index (χ0v) is 9.56. The highest BCUT2D eigenvalue weighted by Gasteiger charge is 2.06. The van der Waals surface area contributed by atoms with Gasteiger partial charge in [0.1, 0.15) is 5.82 Å². The summed E-state index contributed by atoms with van der Waals surface area (Å²) in [7, 11) is 0. The highest BCUT2D eigenvalue weighted by Crippen LogP contribution is 2.14. The Morgan fingerprint density at radius 3 is 2.65 bits per heavy atom. The molecule has 0 radical (unpaired) electrons. The second-order valence-electron chi connectivity index (χ2n) is 3.84. The molecule has 2 aromatic rings. The number of halogens is 1. The van der Waals surface area contributed by atoms with Crippen molar-refractivity contribution >= 4 is 5.69 Å². The predicted molar refractivity (Wildman–Crippen MR) is 64.3 cm³/mol. The molecule has 0 aliphatic rings. The summed E-state index contributed by atoms with van der Waals surface area (Å²) >= 11 is 0. The third-order valence-corrected chi connectivity index (χ3v) is 2.70. The van der Waals surface area contributed by atoms with Gasteiger partial charge in [0.15, 0.2) is 0 Å². The molecule has 0 amide bonds. The number of aryl methyl sites for hydroxylation is 1. The lowest BCUT2D eigenvalue weighted by molar-refractivity contribution is 0.621. The van der Waals surface area contributed by atoms with E-state index in [2.05, 4.69) is 0 Å². The van der Waals surface area contributed by atoms with Gasteiger partial charge in [-0.05, 0) is 30.7 Å². The average molecular weight is 235 g/mol. The molecule has 0 saturated heterocycles. The van der Waals surface area contributed by atoms with E-state index < -0.39 is 0 Å². The van der Waals surface area contributed by atoms with Crippen molar-refractivity contribution in [3.05, 3.63) is 52.5 Å². The molecule has 0 aliphatic heterocycles. The number of hydrogen-bond acceptors (Lipinski definition) is 2. The fourth-order valence-corrected chi connectivity index (χ4v) is 1.71. The molecule has 90 valence electrons. The fraction of sp³-hybridized carbons (Fsp3) is 0.250. The van der Waals surface area contributed by atoms with Gasteiger partial charge in [0.2, 0.25) is 0 Å². The summed E-state index contributed by atoms with van der Waals surface area (Å²) in [5.74, 6) is -0.350. The second kappa shape index (κ2) is 4.45. The van der Waals surface area contributed by atoms with E-state index in [0.717, 1.165) is 0 Å². The van der Waals surface area contributed by atoms with Gasteiger partial charge in [-0.15, -0.1) is 0 Å². The smallest absolute Gasteiger partial charge is 0.328 e. The average Bonchev–Trinajstić information content (AvgIpc) is 2.65. The van der Waals surface area contributed by atoms with Gasteiger partial charge < -0.3 is 5.73 Å². The molecular weight excluding hydrogens is 221 g/mol. The maximum atomic E-state index is 13.1. The molecule has 0 atom stereocenters. The molecule has 2 N–H and O–H groups in total. The molecule has 0 spiro atoms. The van der Waals surface area contributed by atoms with Crippen LogP contribution in [0.5, 0.6) is 0 Å². The Hall–Kier alpha value is -2.04. The third kappa shape index (κ3) is 2.22. The van der Waals surface area contributed by atoms with E-state index in [1.54, 1.807) is 17.0 Å². The molecule has 0 aliphatic carbocycles. The first-order valence-electron chi connectivity index (χ1n) is 5.41. The zero-order valence-electron chi connectivity index (χ0n) is 9.56. The Balaban J connectivity index is 2.34. The molecule has 5 heteroatoms. The molecule has 1 aromatic heterocycles. The van der Waals surface area contributed by atoms with E-state index >= 15 is 0 Å². The number of aromatic nitrogens is 2. The van der Waals surface area contributed by atoms with Crippen LogP contribution < -0.4 is 11.4 Å². The number of imidazole rings is 1. The maximum absolute atomic E-state index is 13.1. The minimum Gasteiger partial charge on any atom is -0.398 e. The van der Waals surface area contributed by atoms with Crippen molar-refractivity contribution in [3.63, 3.8) is 0 Å². The Morgan fingerprint density at radius 2 is 2.00 bits per heavy atom. The summed E-state index contributed by atoms with van der Waals surface area (Å²) in [6.45, 7) is 2.79. The monoisotopic (exact) mass is 235 g/mol. The predicted octanol–water partition coefficient (Wildman–Crippen LogP) is 1.44. The van der Waals surface area contributed by atoms with Gasteiger partial charge >= 0.3 is 5.69 Å². The quantitative estimate of drug-likeness (QED) is 0.818. The first-order chi connectivity index (χ1) is 8.11.